The molecule has 1 fully saturated rings. The van der Waals surface area contributed by atoms with E-state index in [9.17, 15) is 18.3 Å². The third-order valence-electron chi connectivity index (χ3n) is 2.68. The van der Waals surface area contributed by atoms with E-state index < -0.39 is 28.0 Å². The van der Waals surface area contributed by atoms with Gasteiger partial charge in [0.15, 0.2) is 9.84 Å². The van der Waals surface area contributed by atoms with Crippen molar-refractivity contribution in [3.8, 4) is 0 Å². The molecule has 0 aromatic rings. The molecule has 2 aliphatic rings. The Morgan fingerprint density at radius 2 is 2.25 bits per heavy atom. The molecule has 1 amide bonds. The summed E-state index contributed by atoms with van der Waals surface area (Å²) in [4.78, 5) is 11.6. The van der Waals surface area contributed by atoms with Crippen LogP contribution >= 0.6 is 0 Å². The first kappa shape index (κ1) is 11.6. The van der Waals surface area contributed by atoms with Gasteiger partial charge < -0.3 is 15.7 Å². The second-order valence-electron chi connectivity index (χ2n) is 4.12. The van der Waals surface area contributed by atoms with E-state index in [0.717, 1.165) is 5.41 Å². The van der Waals surface area contributed by atoms with Crippen molar-refractivity contribution in [3.05, 3.63) is 11.5 Å². The molecular formula is C9H14N2O4S. The van der Waals surface area contributed by atoms with Crippen molar-refractivity contribution >= 4 is 15.7 Å². The number of aliphatic hydroxyl groups is 1. The number of aliphatic hydroxyl groups excluding tert-OH is 1. The van der Waals surface area contributed by atoms with Crippen LogP contribution in [0.2, 0.25) is 0 Å². The third kappa shape index (κ3) is 2.60. The molecule has 0 bridgehead atoms. The fourth-order valence-corrected chi connectivity index (χ4v) is 3.10. The predicted molar refractivity (Wildman–Crippen MR) is 57.3 cm³/mol. The molecule has 0 radical (unpaired) electrons. The smallest absolute Gasteiger partial charge is 0.237 e. The summed E-state index contributed by atoms with van der Waals surface area (Å²) in [6.07, 6.45) is 1.34. The number of rotatable bonds is 2. The van der Waals surface area contributed by atoms with Crippen molar-refractivity contribution in [1.29, 1.82) is 0 Å². The third-order valence-corrected chi connectivity index (χ3v) is 4.08. The van der Waals surface area contributed by atoms with Crippen LogP contribution in [0.25, 0.3) is 0 Å². The van der Waals surface area contributed by atoms with Crippen LogP contribution in [0.5, 0.6) is 0 Å². The number of amides is 1. The Hall–Kier alpha value is -0.920. The number of sulfone groups is 1. The highest BCUT2D eigenvalue weighted by Crippen LogP contribution is 2.10. The Morgan fingerprint density at radius 1 is 1.50 bits per heavy atom. The van der Waals surface area contributed by atoms with E-state index in [1.807, 2.05) is 0 Å². The van der Waals surface area contributed by atoms with Gasteiger partial charge in [-0.2, -0.15) is 0 Å². The summed E-state index contributed by atoms with van der Waals surface area (Å²) in [7, 11) is -3.14. The molecule has 0 aromatic carbocycles. The number of carbonyl (C=O) groups excluding carboxylic acids is 1. The number of β-amino-alcohol motifs (C(OH)–C–C–N with tert-alkyl or cyclic N) is 1. The molecule has 2 heterocycles. The molecule has 3 atom stereocenters. The minimum atomic E-state index is -3.14. The topological polar surface area (TPSA) is 95.5 Å². The number of nitrogens with one attached hydrogen (secondary N) is 2. The fourth-order valence-electron chi connectivity index (χ4n) is 1.87. The van der Waals surface area contributed by atoms with E-state index in [4.69, 9.17) is 0 Å². The largest absolute Gasteiger partial charge is 0.392 e. The van der Waals surface area contributed by atoms with Crippen LogP contribution < -0.4 is 10.6 Å². The maximum atomic E-state index is 11.6. The monoisotopic (exact) mass is 246 g/mol. The Bertz CT molecular complexity index is 417. The van der Waals surface area contributed by atoms with Crippen molar-refractivity contribution in [2.75, 3.05) is 12.3 Å². The molecule has 16 heavy (non-hydrogen) atoms. The molecule has 6 nitrogen and oxygen atoms in total. The van der Waals surface area contributed by atoms with Crippen molar-refractivity contribution in [1.82, 2.24) is 10.6 Å². The fraction of sp³-hybridized carbons (Fsp3) is 0.667. The summed E-state index contributed by atoms with van der Waals surface area (Å²) in [6, 6.07) is -0.872. The minimum absolute atomic E-state index is 0.0754. The molecule has 0 aliphatic carbocycles. The van der Waals surface area contributed by atoms with Crippen LogP contribution in [-0.4, -0.2) is 49.9 Å². The first-order valence-electron chi connectivity index (χ1n) is 5.09. The van der Waals surface area contributed by atoms with Gasteiger partial charge in [-0.25, -0.2) is 8.42 Å². The Morgan fingerprint density at radius 3 is 2.75 bits per heavy atom. The summed E-state index contributed by atoms with van der Waals surface area (Å²) in [5, 5.41) is 15.8. The summed E-state index contributed by atoms with van der Waals surface area (Å²) in [6.45, 7) is 0.400. The summed E-state index contributed by atoms with van der Waals surface area (Å²) in [5.41, 5.74) is 0. The van der Waals surface area contributed by atoms with Crippen molar-refractivity contribution < 1.29 is 18.3 Å². The van der Waals surface area contributed by atoms with E-state index in [2.05, 4.69) is 10.6 Å². The highest BCUT2D eigenvalue weighted by atomic mass is 32.2. The summed E-state index contributed by atoms with van der Waals surface area (Å²) in [5.74, 6) is -0.336. The highest BCUT2D eigenvalue weighted by molar-refractivity contribution is 7.94. The average molecular weight is 246 g/mol. The minimum Gasteiger partial charge on any atom is -0.392 e. The molecule has 2 rings (SSSR count). The zero-order valence-electron chi connectivity index (χ0n) is 8.59. The molecule has 2 aliphatic heterocycles. The second-order valence-corrected chi connectivity index (χ2v) is 6.05. The Labute approximate surface area is 93.6 Å². The van der Waals surface area contributed by atoms with Crippen LogP contribution in [0.4, 0.5) is 0 Å². The van der Waals surface area contributed by atoms with Gasteiger partial charge in [0.25, 0.3) is 0 Å². The Kier molecular flexibility index (Phi) is 3.00. The lowest BCUT2D eigenvalue weighted by atomic mass is 10.2. The molecule has 0 saturated carbocycles. The van der Waals surface area contributed by atoms with Crippen molar-refractivity contribution in [2.45, 2.75) is 24.6 Å². The van der Waals surface area contributed by atoms with Crippen LogP contribution in [0, 0.1) is 0 Å². The highest BCUT2D eigenvalue weighted by Gasteiger charge is 2.30. The zero-order chi connectivity index (χ0) is 11.8. The number of hydrogen-bond donors (Lipinski definition) is 3. The van der Waals surface area contributed by atoms with Gasteiger partial charge in [0.2, 0.25) is 5.91 Å². The molecule has 1 saturated heterocycles. The van der Waals surface area contributed by atoms with E-state index in [0.29, 0.717) is 13.0 Å². The molecule has 90 valence electrons. The second kappa shape index (κ2) is 4.15. The molecule has 3 N–H and O–H groups in total. The van der Waals surface area contributed by atoms with E-state index in [1.165, 1.54) is 6.08 Å². The summed E-state index contributed by atoms with van der Waals surface area (Å²) >= 11 is 0. The SMILES string of the molecule is O=C(NC1C=CS(=O)(=O)C1)C1CC(O)CN1. The van der Waals surface area contributed by atoms with Crippen LogP contribution in [0.3, 0.4) is 0 Å². The standard InChI is InChI=1S/C9H14N2O4S/c12-7-3-8(10-4-7)9(13)11-6-1-2-16(14,15)5-6/h1-2,6-8,10,12H,3-5H2,(H,11,13). The van der Waals surface area contributed by atoms with Gasteiger partial charge in [0.1, 0.15) is 0 Å². The van der Waals surface area contributed by atoms with Gasteiger partial charge in [-0.1, -0.05) is 0 Å². The van der Waals surface area contributed by atoms with Gasteiger partial charge in [-0.3, -0.25) is 4.79 Å². The predicted octanol–water partition coefficient (Wildman–Crippen LogP) is -1.86. The normalized spacial score (nSPS) is 36.4. The van der Waals surface area contributed by atoms with Crippen molar-refractivity contribution in [3.63, 3.8) is 0 Å². The van der Waals surface area contributed by atoms with Gasteiger partial charge in [0, 0.05) is 12.0 Å². The molecular weight excluding hydrogens is 232 g/mol. The maximum absolute atomic E-state index is 11.6. The first-order valence-corrected chi connectivity index (χ1v) is 6.80. The van der Waals surface area contributed by atoms with Crippen LogP contribution in [0.15, 0.2) is 11.5 Å². The molecule has 3 unspecified atom stereocenters. The lowest BCUT2D eigenvalue weighted by Gasteiger charge is -2.14. The van der Waals surface area contributed by atoms with Crippen LogP contribution in [0.1, 0.15) is 6.42 Å². The quantitative estimate of drug-likeness (QED) is 0.531. The van der Waals surface area contributed by atoms with Crippen molar-refractivity contribution in [2.24, 2.45) is 0 Å². The van der Waals surface area contributed by atoms with Gasteiger partial charge in [0.05, 0.1) is 23.9 Å². The lowest BCUT2D eigenvalue weighted by Crippen LogP contribution is -2.45. The Balaban J connectivity index is 1.87. The molecule has 7 heteroatoms. The van der Waals surface area contributed by atoms with E-state index in [1.54, 1.807) is 0 Å². The first-order chi connectivity index (χ1) is 7.46. The lowest BCUT2D eigenvalue weighted by molar-refractivity contribution is -0.123. The van der Waals surface area contributed by atoms with E-state index in [-0.39, 0.29) is 11.7 Å². The summed E-state index contributed by atoms with van der Waals surface area (Å²) < 4.78 is 22.2. The molecule has 0 spiro atoms. The zero-order valence-corrected chi connectivity index (χ0v) is 9.40. The van der Waals surface area contributed by atoms with Crippen LogP contribution in [-0.2, 0) is 14.6 Å². The number of carbonyl (C=O) groups is 1. The van der Waals surface area contributed by atoms with Gasteiger partial charge >= 0.3 is 0 Å². The van der Waals surface area contributed by atoms with Gasteiger partial charge in [-0.05, 0) is 12.5 Å². The molecule has 0 aromatic heterocycles. The average Bonchev–Trinajstić information content (AvgIpc) is 2.73. The van der Waals surface area contributed by atoms with E-state index >= 15 is 0 Å². The maximum Gasteiger partial charge on any atom is 0.237 e. The van der Waals surface area contributed by atoms with Gasteiger partial charge in [-0.15, -0.1) is 0 Å². The number of hydrogen-bond acceptors (Lipinski definition) is 5.